The SMILES string of the molecule is O=C(O)C(NC(=O)[C@]1(O)CO[C@H](c2ccc(O)cc2)C1)c1ccc(CC#CO)cc1. The first-order valence-electron chi connectivity index (χ1n) is 9.20. The summed E-state index contributed by atoms with van der Waals surface area (Å²) >= 11 is 0. The third-order valence-electron chi connectivity index (χ3n) is 4.94. The van der Waals surface area contributed by atoms with Crippen LogP contribution in [-0.2, 0) is 20.7 Å². The highest BCUT2D eigenvalue weighted by atomic mass is 16.5. The number of phenols is 1. The first-order chi connectivity index (χ1) is 14.3. The Labute approximate surface area is 172 Å². The van der Waals surface area contributed by atoms with Gasteiger partial charge in [-0.2, -0.15) is 0 Å². The van der Waals surface area contributed by atoms with Crippen LogP contribution in [0.3, 0.4) is 0 Å². The van der Waals surface area contributed by atoms with Gasteiger partial charge in [-0.25, -0.2) is 4.79 Å². The zero-order chi connectivity index (χ0) is 21.7. The van der Waals surface area contributed by atoms with Crippen molar-refractivity contribution in [2.24, 2.45) is 0 Å². The van der Waals surface area contributed by atoms with E-state index in [4.69, 9.17) is 9.84 Å². The van der Waals surface area contributed by atoms with Crippen LogP contribution in [0.1, 0.15) is 35.3 Å². The summed E-state index contributed by atoms with van der Waals surface area (Å²) < 4.78 is 5.54. The van der Waals surface area contributed by atoms with Gasteiger partial charge >= 0.3 is 5.97 Å². The molecule has 1 saturated heterocycles. The van der Waals surface area contributed by atoms with Gasteiger partial charge in [-0.1, -0.05) is 42.3 Å². The molecule has 1 aliphatic heterocycles. The van der Waals surface area contributed by atoms with Gasteiger partial charge < -0.3 is 30.5 Å². The van der Waals surface area contributed by atoms with Crippen LogP contribution in [0.4, 0.5) is 0 Å². The molecule has 2 aromatic carbocycles. The van der Waals surface area contributed by atoms with Crippen molar-refractivity contribution in [3.05, 3.63) is 65.2 Å². The summed E-state index contributed by atoms with van der Waals surface area (Å²) in [4.78, 5) is 24.4. The molecule has 1 amide bonds. The van der Waals surface area contributed by atoms with E-state index in [0.717, 1.165) is 5.56 Å². The largest absolute Gasteiger partial charge is 0.508 e. The first-order valence-corrected chi connectivity index (χ1v) is 9.20. The van der Waals surface area contributed by atoms with E-state index < -0.39 is 29.6 Å². The monoisotopic (exact) mass is 411 g/mol. The molecule has 0 aliphatic carbocycles. The summed E-state index contributed by atoms with van der Waals surface area (Å²) in [5.41, 5.74) is -0.0928. The van der Waals surface area contributed by atoms with Crippen LogP contribution >= 0.6 is 0 Å². The molecule has 0 aromatic heterocycles. The average molecular weight is 411 g/mol. The second-order valence-corrected chi connectivity index (χ2v) is 7.08. The van der Waals surface area contributed by atoms with Gasteiger partial charge in [-0.05, 0) is 28.8 Å². The van der Waals surface area contributed by atoms with Crippen LogP contribution in [0.15, 0.2) is 48.5 Å². The van der Waals surface area contributed by atoms with Crippen molar-refractivity contribution in [3.63, 3.8) is 0 Å². The fraction of sp³-hybridized carbons (Fsp3) is 0.273. The molecule has 3 atom stereocenters. The van der Waals surface area contributed by atoms with Crippen molar-refractivity contribution in [1.29, 1.82) is 0 Å². The molecule has 8 nitrogen and oxygen atoms in total. The number of amides is 1. The van der Waals surface area contributed by atoms with Crippen molar-refractivity contribution < 1.29 is 34.8 Å². The zero-order valence-electron chi connectivity index (χ0n) is 15.9. The maximum atomic E-state index is 12.7. The highest BCUT2D eigenvalue weighted by Crippen LogP contribution is 2.36. The van der Waals surface area contributed by atoms with Gasteiger partial charge in [0, 0.05) is 12.8 Å². The van der Waals surface area contributed by atoms with Crippen LogP contribution in [0.5, 0.6) is 5.75 Å². The second-order valence-electron chi connectivity index (χ2n) is 7.08. The molecule has 1 fully saturated rings. The lowest BCUT2D eigenvalue weighted by Crippen LogP contribution is -2.49. The summed E-state index contributed by atoms with van der Waals surface area (Å²) in [5, 5.41) is 40.6. The Morgan fingerprint density at radius 1 is 1.17 bits per heavy atom. The molecule has 0 bridgehead atoms. The van der Waals surface area contributed by atoms with Gasteiger partial charge in [0.25, 0.3) is 5.91 Å². The molecule has 2 aromatic rings. The molecule has 5 N–H and O–H groups in total. The molecule has 0 radical (unpaired) electrons. The standard InChI is InChI=1S/C22H21NO7/c24-11-1-2-14-3-5-16(6-4-14)19(20(26)27)23-21(28)22(29)12-18(30-13-22)15-7-9-17(25)10-8-15/h3-10,18-19,24-25,29H,2,12-13H2,(H,23,28)(H,26,27)/t18-,19?,22+/m0/s1. The number of carbonyl (C=O) groups excluding carboxylic acids is 1. The van der Waals surface area contributed by atoms with Crippen molar-refractivity contribution in [2.45, 2.75) is 30.6 Å². The summed E-state index contributed by atoms with van der Waals surface area (Å²) in [6, 6.07) is 11.3. The fourth-order valence-corrected chi connectivity index (χ4v) is 3.25. The maximum absolute atomic E-state index is 12.7. The van der Waals surface area contributed by atoms with Crippen LogP contribution in [0.2, 0.25) is 0 Å². The smallest absolute Gasteiger partial charge is 0.330 e. The van der Waals surface area contributed by atoms with Crippen molar-refractivity contribution in [1.82, 2.24) is 5.32 Å². The number of aliphatic hydroxyl groups excluding tert-OH is 1. The summed E-state index contributed by atoms with van der Waals surface area (Å²) in [5.74, 6) is 0.461. The van der Waals surface area contributed by atoms with Crippen molar-refractivity contribution in [2.75, 3.05) is 6.61 Å². The van der Waals surface area contributed by atoms with E-state index in [-0.39, 0.29) is 18.8 Å². The van der Waals surface area contributed by atoms with Gasteiger partial charge in [0.15, 0.2) is 11.6 Å². The van der Waals surface area contributed by atoms with E-state index in [2.05, 4.69) is 11.2 Å². The Morgan fingerprint density at radius 2 is 1.83 bits per heavy atom. The predicted molar refractivity (Wildman–Crippen MR) is 105 cm³/mol. The van der Waals surface area contributed by atoms with E-state index in [1.165, 1.54) is 12.1 Å². The van der Waals surface area contributed by atoms with Gasteiger partial charge in [0.05, 0.1) is 12.7 Å². The minimum Gasteiger partial charge on any atom is -0.508 e. The zero-order valence-corrected chi connectivity index (χ0v) is 15.9. The van der Waals surface area contributed by atoms with Gasteiger partial charge in [0.1, 0.15) is 11.9 Å². The molecule has 30 heavy (non-hydrogen) atoms. The molecule has 0 spiro atoms. The lowest BCUT2D eigenvalue weighted by atomic mass is 9.94. The van der Waals surface area contributed by atoms with Crippen LogP contribution < -0.4 is 5.32 Å². The average Bonchev–Trinajstić information content (AvgIpc) is 3.14. The van der Waals surface area contributed by atoms with Gasteiger partial charge in [0.2, 0.25) is 0 Å². The third-order valence-corrected chi connectivity index (χ3v) is 4.94. The van der Waals surface area contributed by atoms with E-state index in [1.807, 2.05) is 0 Å². The number of hydrogen-bond acceptors (Lipinski definition) is 6. The van der Waals surface area contributed by atoms with Gasteiger partial charge in [-0.3, -0.25) is 4.79 Å². The third kappa shape index (κ3) is 4.71. The predicted octanol–water partition coefficient (Wildman–Crippen LogP) is 1.40. The molecular formula is C22H21NO7. The molecule has 1 aliphatic rings. The number of benzene rings is 2. The number of carboxylic acid groups (broad SMARTS) is 1. The van der Waals surface area contributed by atoms with Crippen LogP contribution in [0.25, 0.3) is 0 Å². The number of nitrogens with one attached hydrogen (secondary N) is 1. The number of rotatable bonds is 6. The molecule has 156 valence electrons. The summed E-state index contributed by atoms with van der Waals surface area (Å²) in [7, 11) is 0. The Balaban J connectivity index is 1.70. The van der Waals surface area contributed by atoms with E-state index in [0.29, 0.717) is 17.5 Å². The molecular weight excluding hydrogens is 390 g/mol. The lowest BCUT2D eigenvalue weighted by molar-refractivity contribution is -0.147. The molecule has 8 heteroatoms. The number of aliphatic carboxylic acids is 1. The number of ether oxygens (including phenoxy) is 1. The quantitative estimate of drug-likeness (QED) is 0.453. The molecule has 1 heterocycles. The summed E-state index contributed by atoms with van der Waals surface area (Å²) in [6.45, 7) is -0.282. The second kappa shape index (κ2) is 8.86. The van der Waals surface area contributed by atoms with Crippen LogP contribution in [-0.4, -0.2) is 44.5 Å². The number of aromatic hydroxyl groups is 1. The van der Waals surface area contributed by atoms with E-state index >= 15 is 0 Å². The fourth-order valence-electron chi connectivity index (χ4n) is 3.25. The minimum atomic E-state index is -1.88. The Bertz CT molecular complexity index is 975. The number of hydrogen-bond donors (Lipinski definition) is 5. The van der Waals surface area contributed by atoms with Gasteiger partial charge in [-0.15, -0.1) is 0 Å². The van der Waals surface area contributed by atoms with Crippen LogP contribution in [0, 0.1) is 12.0 Å². The van der Waals surface area contributed by atoms with E-state index in [9.17, 15) is 24.9 Å². The summed E-state index contributed by atoms with van der Waals surface area (Å²) in [6.07, 6.45) is 1.49. The molecule has 1 unspecified atom stereocenters. The Morgan fingerprint density at radius 3 is 2.43 bits per heavy atom. The van der Waals surface area contributed by atoms with Crippen molar-refractivity contribution in [3.8, 4) is 17.8 Å². The topological polar surface area (TPSA) is 136 Å². The molecule has 3 rings (SSSR count). The Kier molecular flexibility index (Phi) is 6.26. The minimum absolute atomic E-state index is 0.0469. The number of phenolic OH excluding ortho intramolecular Hbond substituents is 1. The number of aliphatic hydroxyl groups is 2. The number of carbonyl (C=O) groups is 2. The maximum Gasteiger partial charge on any atom is 0.330 e. The number of carboxylic acids is 1. The highest BCUT2D eigenvalue weighted by molar-refractivity contribution is 5.90. The highest BCUT2D eigenvalue weighted by Gasteiger charge is 2.46. The normalized spacial score (nSPS) is 21.3. The molecule has 0 saturated carbocycles. The lowest BCUT2D eigenvalue weighted by Gasteiger charge is -2.23. The Hall–Kier alpha value is -3.54. The van der Waals surface area contributed by atoms with E-state index in [1.54, 1.807) is 42.5 Å². The first kappa shape index (κ1) is 21.2. The van der Waals surface area contributed by atoms with Crippen molar-refractivity contribution >= 4 is 11.9 Å².